The second kappa shape index (κ2) is 13.2. The Balaban J connectivity index is 1.35. The molecule has 0 unspecified atom stereocenters. The number of hydrogen-bond acceptors (Lipinski definition) is 7. The number of carbonyl (C=O) groups excluding carboxylic acids is 1. The van der Waals surface area contributed by atoms with Crippen LogP contribution in [0.1, 0.15) is 11.1 Å². The molecular weight excluding hydrogens is 655 g/mol. The number of hydrogen-bond donors (Lipinski definition) is 1. The molecule has 0 radical (unpaired) electrons. The zero-order chi connectivity index (χ0) is 32.2. The lowest BCUT2D eigenvalue weighted by Gasteiger charge is -2.16. The van der Waals surface area contributed by atoms with Crippen molar-refractivity contribution in [3.8, 4) is 23.1 Å². The molecule has 2 aromatic heterocycles. The van der Waals surface area contributed by atoms with Crippen LogP contribution < -0.4 is 20.3 Å². The van der Waals surface area contributed by atoms with E-state index in [-0.39, 0.29) is 18.0 Å². The molecule has 46 heavy (non-hydrogen) atoms. The van der Waals surface area contributed by atoms with Crippen LogP contribution in [0.15, 0.2) is 116 Å². The van der Waals surface area contributed by atoms with Crippen molar-refractivity contribution in [1.29, 1.82) is 0 Å². The van der Waals surface area contributed by atoms with Crippen molar-refractivity contribution in [2.24, 2.45) is 5.10 Å². The molecule has 1 amide bonds. The maximum absolute atomic E-state index is 13.7. The highest BCUT2D eigenvalue weighted by Crippen LogP contribution is 2.34. The van der Waals surface area contributed by atoms with Gasteiger partial charge in [0.25, 0.3) is 11.5 Å². The van der Waals surface area contributed by atoms with E-state index in [4.69, 9.17) is 18.9 Å². The van der Waals surface area contributed by atoms with Crippen molar-refractivity contribution in [3.05, 3.63) is 129 Å². The third kappa shape index (κ3) is 6.45. The Kier molecular flexibility index (Phi) is 8.75. The Hall–Kier alpha value is -5.55. The number of anilines is 1. The number of fused-ring (bicyclic) bond motifs is 2. The normalized spacial score (nSPS) is 11.3. The van der Waals surface area contributed by atoms with Crippen LogP contribution in [0.3, 0.4) is 0 Å². The van der Waals surface area contributed by atoms with E-state index in [0.717, 1.165) is 9.86 Å². The summed E-state index contributed by atoms with van der Waals surface area (Å²) in [5, 5.41) is 8.46. The minimum atomic E-state index is -0.433. The number of methoxy groups -OCH3 is 1. The van der Waals surface area contributed by atoms with Crippen LogP contribution in [0, 0.1) is 5.82 Å². The van der Waals surface area contributed by atoms with E-state index in [1.54, 1.807) is 36.4 Å². The molecule has 2 heterocycles. The number of furan rings is 1. The third-order valence-corrected chi connectivity index (χ3v) is 7.48. The summed E-state index contributed by atoms with van der Waals surface area (Å²) in [7, 11) is 1.48. The van der Waals surface area contributed by atoms with Crippen LogP contribution in [-0.2, 0) is 11.2 Å². The molecule has 0 atom stereocenters. The molecule has 1 N–H and O–H groups in total. The van der Waals surface area contributed by atoms with E-state index in [0.29, 0.717) is 57.0 Å². The van der Waals surface area contributed by atoms with E-state index in [9.17, 15) is 14.0 Å². The molecule has 0 aliphatic rings. The first-order valence-electron chi connectivity index (χ1n) is 14.1. The second-order valence-corrected chi connectivity index (χ2v) is 11.1. The first kappa shape index (κ1) is 30.5. The molecule has 11 heteroatoms. The predicted molar refractivity (Wildman–Crippen MR) is 179 cm³/mol. The number of nitrogens with one attached hydrogen (secondary N) is 1. The molecule has 4 aromatic carbocycles. The van der Waals surface area contributed by atoms with Gasteiger partial charge in [-0.2, -0.15) is 9.78 Å². The van der Waals surface area contributed by atoms with Gasteiger partial charge in [0.1, 0.15) is 11.4 Å². The Bertz CT molecular complexity index is 2190. The highest BCUT2D eigenvalue weighted by molar-refractivity contribution is 9.10. The van der Waals surface area contributed by atoms with Crippen LogP contribution in [0.4, 0.5) is 10.1 Å². The lowest BCUT2D eigenvalue weighted by Crippen LogP contribution is -2.21. The lowest BCUT2D eigenvalue weighted by molar-refractivity contribution is -0.118. The third-order valence-electron chi connectivity index (χ3n) is 6.99. The average molecular weight is 682 g/mol. The molecule has 0 fully saturated rings. The maximum atomic E-state index is 13.7. The van der Waals surface area contributed by atoms with Gasteiger partial charge in [-0.15, -0.1) is 6.58 Å². The Morgan fingerprint density at radius 2 is 1.91 bits per heavy atom. The van der Waals surface area contributed by atoms with E-state index < -0.39 is 11.7 Å². The molecular formula is C35H26BrFN4O5. The average Bonchev–Trinajstić information content (AvgIpc) is 3.48. The Labute approximate surface area is 270 Å². The largest absolute Gasteiger partial charge is 0.493 e. The lowest BCUT2D eigenvalue weighted by atomic mass is 10.1. The summed E-state index contributed by atoms with van der Waals surface area (Å²) >= 11 is 3.48. The van der Waals surface area contributed by atoms with Crippen LogP contribution >= 0.6 is 15.9 Å². The van der Waals surface area contributed by atoms with E-state index in [1.165, 1.54) is 42.3 Å². The van der Waals surface area contributed by atoms with Crippen LogP contribution in [0.25, 0.3) is 33.5 Å². The van der Waals surface area contributed by atoms with E-state index in [2.05, 4.69) is 32.9 Å². The van der Waals surface area contributed by atoms with E-state index in [1.807, 2.05) is 30.3 Å². The molecule has 6 rings (SSSR count). The summed E-state index contributed by atoms with van der Waals surface area (Å²) in [5.41, 5.74) is 2.48. The van der Waals surface area contributed by atoms with Gasteiger partial charge in [0.2, 0.25) is 5.82 Å². The van der Waals surface area contributed by atoms with Crippen molar-refractivity contribution in [2.75, 3.05) is 19.0 Å². The number of carbonyl (C=O) groups is 1. The van der Waals surface area contributed by atoms with Gasteiger partial charge in [-0.1, -0.05) is 34.1 Å². The highest BCUT2D eigenvalue weighted by Gasteiger charge is 2.18. The summed E-state index contributed by atoms with van der Waals surface area (Å²) in [6, 6.07) is 23.4. The monoisotopic (exact) mass is 680 g/mol. The van der Waals surface area contributed by atoms with Crippen molar-refractivity contribution in [3.63, 3.8) is 0 Å². The van der Waals surface area contributed by atoms with Gasteiger partial charge in [0.15, 0.2) is 23.9 Å². The summed E-state index contributed by atoms with van der Waals surface area (Å²) in [5.74, 6) is 0.475. The van der Waals surface area contributed by atoms with Crippen molar-refractivity contribution in [1.82, 2.24) is 9.66 Å². The minimum absolute atomic E-state index is 0.234. The molecule has 0 bridgehead atoms. The van der Waals surface area contributed by atoms with Crippen LogP contribution in [0.2, 0.25) is 0 Å². The molecule has 0 saturated carbocycles. The molecule has 230 valence electrons. The van der Waals surface area contributed by atoms with Gasteiger partial charge in [-0.3, -0.25) is 9.59 Å². The number of rotatable bonds is 10. The Morgan fingerprint density at radius 3 is 2.70 bits per heavy atom. The van der Waals surface area contributed by atoms with Crippen LogP contribution in [-0.4, -0.2) is 35.5 Å². The first-order chi connectivity index (χ1) is 22.3. The number of amides is 1. The van der Waals surface area contributed by atoms with Crippen molar-refractivity contribution >= 4 is 55.6 Å². The molecule has 0 aliphatic heterocycles. The molecule has 0 aliphatic carbocycles. The second-order valence-electron chi connectivity index (χ2n) is 10.2. The summed E-state index contributed by atoms with van der Waals surface area (Å²) in [4.78, 5) is 31.0. The van der Waals surface area contributed by atoms with Gasteiger partial charge >= 0.3 is 0 Å². The molecule has 0 saturated heterocycles. The number of halogens is 2. The SMILES string of the molecule is C=CCc1cc(C=Nn2c(-c3cc4cc(Br)ccc4o3)nc3ccccc3c2=O)cc(OC)c1OCC(=O)Nc1ccc(F)cc1. The predicted octanol–water partition coefficient (Wildman–Crippen LogP) is 7.35. The zero-order valence-corrected chi connectivity index (χ0v) is 26.1. The molecule has 6 aromatic rings. The van der Waals surface area contributed by atoms with Crippen molar-refractivity contribution < 1.29 is 23.1 Å². The Morgan fingerprint density at radius 1 is 1.11 bits per heavy atom. The number of para-hydroxylation sites is 1. The number of nitrogens with zero attached hydrogens (tertiary/aromatic N) is 3. The molecule has 9 nitrogen and oxygen atoms in total. The summed E-state index contributed by atoms with van der Waals surface area (Å²) < 4.78 is 32.9. The number of ether oxygens (including phenoxy) is 2. The summed E-state index contributed by atoms with van der Waals surface area (Å²) in [6.07, 6.45) is 3.60. The van der Waals surface area contributed by atoms with Gasteiger partial charge in [0, 0.05) is 21.1 Å². The van der Waals surface area contributed by atoms with Crippen LogP contribution in [0.5, 0.6) is 11.5 Å². The number of allylic oxidation sites excluding steroid dienone is 1. The topological polar surface area (TPSA) is 108 Å². The fraction of sp³-hybridized carbons (Fsp3) is 0.0857. The minimum Gasteiger partial charge on any atom is -0.493 e. The van der Waals surface area contributed by atoms with Gasteiger partial charge in [-0.25, -0.2) is 9.37 Å². The first-order valence-corrected chi connectivity index (χ1v) is 14.9. The zero-order valence-electron chi connectivity index (χ0n) is 24.5. The van der Waals surface area contributed by atoms with E-state index >= 15 is 0 Å². The smallest absolute Gasteiger partial charge is 0.282 e. The fourth-order valence-corrected chi connectivity index (χ4v) is 5.27. The van der Waals surface area contributed by atoms with Gasteiger partial charge in [-0.05, 0) is 84.8 Å². The quantitative estimate of drug-likeness (QED) is 0.120. The van der Waals surface area contributed by atoms with Gasteiger partial charge in [0.05, 0.1) is 24.2 Å². The standard InChI is InChI=1S/C35H26BrFN4O5/c1-3-6-22-15-21(16-30(44-2)33(22)45-20-32(42)39-26-12-10-25(37)11-13-26)19-38-41-34(40-28-8-5-4-7-27(28)35(41)43)31-18-23-17-24(36)9-14-29(23)46-31/h3-5,7-19H,1,6,20H2,2H3,(H,39,42). The molecule has 0 spiro atoms. The number of benzene rings is 4. The number of aromatic nitrogens is 2. The van der Waals surface area contributed by atoms with Crippen molar-refractivity contribution in [2.45, 2.75) is 6.42 Å². The van der Waals surface area contributed by atoms with Gasteiger partial charge < -0.3 is 19.2 Å². The highest BCUT2D eigenvalue weighted by atomic mass is 79.9. The summed E-state index contributed by atoms with van der Waals surface area (Å²) in [6.45, 7) is 3.52. The fourth-order valence-electron chi connectivity index (χ4n) is 4.89. The maximum Gasteiger partial charge on any atom is 0.282 e.